The molecule has 1 atom stereocenters. The van der Waals surface area contributed by atoms with Gasteiger partial charge in [0.15, 0.2) is 12.0 Å². The molecule has 2 aromatic rings. The molecule has 0 bridgehead atoms. The first-order chi connectivity index (χ1) is 9.60. The molecule has 2 rings (SSSR count). The predicted molar refractivity (Wildman–Crippen MR) is 74.4 cm³/mol. The maximum Gasteiger partial charge on any atom is 0.259 e. The summed E-state index contributed by atoms with van der Waals surface area (Å²) in [6.07, 6.45) is 0.465. The molecule has 104 valence electrons. The molecule has 0 spiro atoms. The molecule has 0 amide bonds. The number of aldehydes is 1. The van der Waals surface area contributed by atoms with Crippen molar-refractivity contribution in [3.63, 3.8) is 0 Å². The molecule has 0 fully saturated rings. The number of carbonyl (C=O) groups is 1. The number of anilines is 1. The Balaban J connectivity index is 2.42. The predicted octanol–water partition coefficient (Wildman–Crippen LogP) is 2.55. The van der Waals surface area contributed by atoms with Crippen LogP contribution in [0.3, 0.4) is 0 Å². The minimum Gasteiger partial charge on any atom is -0.507 e. The molecule has 0 heterocycles. The molecule has 2 aromatic carbocycles. The van der Waals surface area contributed by atoms with Crippen LogP contribution < -0.4 is 9.46 Å². The van der Waals surface area contributed by atoms with E-state index in [0.717, 1.165) is 6.07 Å². The van der Waals surface area contributed by atoms with Gasteiger partial charge in [-0.2, -0.15) is 0 Å². The lowest BCUT2D eigenvalue weighted by Crippen LogP contribution is -2.04. The average molecular weight is 293 g/mol. The van der Waals surface area contributed by atoms with Gasteiger partial charge in [0, 0.05) is 6.07 Å². The van der Waals surface area contributed by atoms with Gasteiger partial charge < -0.3 is 9.84 Å². The van der Waals surface area contributed by atoms with Crippen molar-refractivity contribution in [2.45, 2.75) is 0 Å². The van der Waals surface area contributed by atoms with E-state index in [1.807, 2.05) is 6.07 Å². The fourth-order valence-electron chi connectivity index (χ4n) is 1.55. The van der Waals surface area contributed by atoms with Gasteiger partial charge in [0.25, 0.3) is 11.3 Å². The number of phenolic OH excluding ortho intramolecular Hbond substituents is 1. The molecular formula is C13H11NO5S. The first kappa shape index (κ1) is 14.0. The molecule has 0 aromatic heterocycles. The molecule has 0 saturated heterocycles. The Labute approximate surface area is 117 Å². The van der Waals surface area contributed by atoms with Crippen LogP contribution >= 0.6 is 0 Å². The Morgan fingerprint density at radius 2 is 1.90 bits per heavy atom. The van der Waals surface area contributed by atoms with Crippen LogP contribution in [0.1, 0.15) is 10.4 Å². The van der Waals surface area contributed by atoms with Gasteiger partial charge in [-0.05, 0) is 18.2 Å². The summed E-state index contributed by atoms with van der Waals surface area (Å²) in [6.45, 7) is 0. The zero-order valence-corrected chi connectivity index (χ0v) is 11.0. The number of carbonyl (C=O) groups excluding carboxylic acids is 1. The third-order valence-electron chi connectivity index (χ3n) is 2.42. The second-order valence-electron chi connectivity index (χ2n) is 3.79. The lowest BCUT2D eigenvalue weighted by atomic mass is 10.2. The van der Waals surface area contributed by atoms with Crippen molar-refractivity contribution >= 4 is 23.2 Å². The van der Waals surface area contributed by atoms with Crippen LogP contribution in [0.15, 0.2) is 42.5 Å². The van der Waals surface area contributed by atoms with Crippen LogP contribution in [-0.4, -0.2) is 20.2 Å². The molecule has 6 nitrogen and oxygen atoms in total. The first-order valence-electron chi connectivity index (χ1n) is 5.52. The number of nitrogens with one attached hydrogen (secondary N) is 1. The highest BCUT2D eigenvalue weighted by molar-refractivity contribution is 7.80. The summed E-state index contributed by atoms with van der Waals surface area (Å²) in [7, 11) is 0. The molecular weight excluding hydrogens is 282 g/mol. The molecule has 0 aliphatic carbocycles. The van der Waals surface area contributed by atoms with Gasteiger partial charge in [0.05, 0.1) is 11.3 Å². The van der Waals surface area contributed by atoms with Gasteiger partial charge in [0.1, 0.15) is 11.5 Å². The number of hydrogen-bond acceptors (Lipinski definition) is 4. The third kappa shape index (κ3) is 3.34. The van der Waals surface area contributed by atoms with E-state index in [2.05, 4.69) is 4.72 Å². The largest absolute Gasteiger partial charge is 0.507 e. The number of aromatic hydroxyl groups is 1. The van der Waals surface area contributed by atoms with Crippen molar-refractivity contribution in [2.24, 2.45) is 0 Å². The zero-order valence-electron chi connectivity index (χ0n) is 10.1. The second-order valence-corrected chi connectivity index (χ2v) is 4.49. The number of para-hydroxylation sites is 1. The highest BCUT2D eigenvalue weighted by atomic mass is 32.2. The smallest absolute Gasteiger partial charge is 0.259 e. The SMILES string of the molecule is O=Cc1cc(Oc2ccccc2)c(NS(=O)O)cc1O. The van der Waals surface area contributed by atoms with Gasteiger partial charge in [-0.1, -0.05) is 18.2 Å². The van der Waals surface area contributed by atoms with Crippen molar-refractivity contribution in [3.8, 4) is 17.2 Å². The van der Waals surface area contributed by atoms with Gasteiger partial charge >= 0.3 is 0 Å². The molecule has 7 heteroatoms. The third-order valence-corrected chi connectivity index (χ3v) is 2.82. The van der Waals surface area contributed by atoms with Crippen LogP contribution in [0.5, 0.6) is 17.2 Å². The van der Waals surface area contributed by atoms with E-state index in [0.29, 0.717) is 12.0 Å². The average Bonchev–Trinajstić information content (AvgIpc) is 2.42. The van der Waals surface area contributed by atoms with Crippen LogP contribution in [-0.2, 0) is 11.3 Å². The lowest BCUT2D eigenvalue weighted by Gasteiger charge is -2.12. The summed E-state index contributed by atoms with van der Waals surface area (Å²) >= 11 is -2.33. The van der Waals surface area contributed by atoms with E-state index in [1.54, 1.807) is 24.3 Å². The van der Waals surface area contributed by atoms with E-state index in [1.165, 1.54) is 6.07 Å². The van der Waals surface area contributed by atoms with Crippen molar-refractivity contribution in [3.05, 3.63) is 48.0 Å². The van der Waals surface area contributed by atoms with Crippen LogP contribution in [0.4, 0.5) is 5.69 Å². The van der Waals surface area contributed by atoms with E-state index in [-0.39, 0.29) is 22.7 Å². The van der Waals surface area contributed by atoms with Crippen molar-refractivity contribution in [1.82, 2.24) is 0 Å². The molecule has 0 aliphatic rings. The summed E-state index contributed by atoms with van der Waals surface area (Å²) < 4.78 is 27.4. The highest BCUT2D eigenvalue weighted by Gasteiger charge is 2.12. The number of hydrogen-bond donors (Lipinski definition) is 3. The van der Waals surface area contributed by atoms with Crippen LogP contribution in [0.25, 0.3) is 0 Å². The van der Waals surface area contributed by atoms with Crippen LogP contribution in [0.2, 0.25) is 0 Å². The Kier molecular flexibility index (Phi) is 4.34. The summed E-state index contributed by atoms with van der Waals surface area (Å²) in [4.78, 5) is 10.8. The molecule has 0 aliphatic heterocycles. The topological polar surface area (TPSA) is 95.9 Å². The Morgan fingerprint density at radius 3 is 2.50 bits per heavy atom. The lowest BCUT2D eigenvalue weighted by molar-refractivity contribution is 0.112. The summed E-state index contributed by atoms with van der Waals surface area (Å²) in [5, 5.41) is 9.59. The molecule has 3 N–H and O–H groups in total. The zero-order chi connectivity index (χ0) is 14.5. The first-order valence-corrected chi connectivity index (χ1v) is 6.63. The fourth-order valence-corrected chi connectivity index (χ4v) is 1.90. The molecule has 20 heavy (non-hydrogen) atoms. The maximum atomic E-state index is 10.8. The summed E-state index contributed by atoms with van der Waals surface area (Å²) in [5.74, 6) is 0.327. The number of benzene rings is 2. The highest BCUT2D eigenvalue weighted by Crippen LogP contribution is 2.34. The number of ether oxygens (including phenoxy) is 1. The van der Waals surface area contributed by atoms with E-state index in [4.69, 9.17) is 9.29 Å². The summed E-state index contributed by atoms with van der Waals surface area (Å²) in [6, 6.07) is 11.1. The van der Waals surface area contributed by atoms with Crippen molar-refractivity contribution < 1.29 is 23.4 Å². The Bertz CT molecular complexity index is 645. The van der Waals surface area contributed by atoms with Crippen molar-refractivity contribution in [2.75, 3.05) is 4.72 Å². The second kappa shape index (κ2) is 6.18. The molecule has 1 unspecified atom stereocenters. The van der Waals surface area contributed by atoms with Crippen molar-refractivity contribution in [1.29, 1.82) is 0 Å². The Hall–Kier alpha value is -2.38. The van der Waals surface area contributed by atoms with Gasteiger partial charge in [-0.3, -0.25) is 14.1 Å². The van der Waals surface area contributed by atoms with Gasteiger partial charge in [-0.15, -0.1) is 0 Å². The maximum absolute atomic E-state index is 10.8. The molecule has 0 saturated carbocycles. The van der Waals surface area contributed by atoms with E-state index in [9.17, 15) is 14.1 Å². The standard InChI is InChI=1S/C13H11NO5S/c15-8-9-6-13(19-10-4-2-1-3-5-10)11(7-12(9)16)14-20(17)18/h1-8,14,16H,(H,17,18). The van der Waals surface area contributed by atoms with Gasteiger partial charge in [0.2, 0.25) is 0 Å². The van der Waals surface area contributed by atoms with Gasteiger partial charge in [-0.25, -0.2) is 4.21 Å². The normalized spacial score (nSPS) is 11.7. The van der Waals surface area contributed by atoms with Crippen LogP contribution in [0, 0.1) is 0 Å². The summed E-state index contributed by atoms with van der Waals surface area (Å²) in [5.41, 5.74) is 0.114. The quantitative estimate of drug-likeness (QED) is 0.581. The van der Waals surface area contributed by atoms with E-state index >= 15 is 0 Å². The number of phenols is 1. The minimum absolute atomic E-state index is 0.0187. The number of rotatable bonds is 5. The van der Waals surface area contributed by atoms with E-state index < -0.39 is 11.3 Å². The fraction of sp³-hybridized carbons (Fsp3) is 0. The monoisotopic (exact) mass is 293 g/mol. The Morgan fingerprint density at radius 1 is 1.20 bits per heavy atom. The molecule has 0 radical (unpaired) electrons. The minimum atomic E-state index is -2.33.